The highest BCUT2D eigenvalue weighted by Gasteiger charge is 2.29. The van der Waals surface area contributed by atoms with Crippen LogP contribution in [0.15, 0.2) is 29.2 Å². The fraction of sp³-hybridized carbons (Fsp3) is 0.462. The van der Waals surface area contributed by atoms with Crippen molar-refractivity contribution in [1.82, 2.24) is 10.0 Å². The number of aliphatic carboxylic acids is 1. The van der Waals surface area contributed by atoms with Crippen molar-refractivity contribution >= 4 is 16.0 Å². The molecule has 1 heterocycles. The van der Waals surface area contributed by atoms with Gasteiger partial charge in [-0.1, -0.05) is 12.1 Å². The molecule has 2 atom stereocenters. The Kier molecular flexibility index (Phi) is 4.42. The summed E-state index contributed by atoms with van der Waals surface area (Å²) in [6.45, 7) is 2.63. The Morgan fingerprint density at radius 1 is 1.40 bits per heavy atom. The van der Waals surface area contributed by atoms with E-state index < -0.39 is 28.0 Å². The first kappa shape index (κ1) is 15.0. The van der Waals surface area contributed by atoms with Crippen LogP contribution in [0.3, 0.4) is 0 Å². The lowest BCUT2D eigenvalue weighted by atomic mass is 9.97. The SMILES string of the molecule is Cc1cccc(S(=O)(=O)N[C@H]2CNC[C@@H](C(=O)O)C2)c1. The molecule has 110 valence electrons. The first-order valence-electron chi connectivity index (χ1n) is 6.41. The van der Waals surface area contributed by atoms with E-state index in [1.165, 1.54) is 6.07 Å². The van der Waals surface area contributed by atoms with Gasteiger partial charge in [0.15, 0.2) is 0 Å². The van der Waals surface area contributed by atoms with Crippen LogP contribution in [0.4, 0.5) is 0 Å². The molecule has 0 saturated carbocycles. The first-order chi connectivity index (χ1) is 9.38. The van der Waals surface area contributed by atoms with Crippen LogP contribution in [0.2, 0.25) is 0 Å². The number of rotatable bonds is 4. The second-order valence-electron chi connectivity index (χ2n) is 5.06. The summed E-state index contributed by atoms with van der Waals surface area (Å²) in [4.78, 5) is 11.2. The number of sulfonamides is 1. The largest absolute Gasteiger partial charge is 0.481 e. The predicted molar refractivity (Wildman–Crippen MR) is 73.9 cm³/mol. The Hall–Kier alpha value is -1.44. The van der Waals surface area contributed by atoms with Crippen molar-refractivity contribution in [2.24, 2.45) is 5.92 Å². The van der Waals surface area contributed by atoms with Gasteiger partial charge < -0.3 is 10.4 Å². The van der Waals surface area contributed by atoms with Crippen molar-refractivity contribution in [3.63, 3.8) is 0 Å². The predicted octanol–water partition coefficient (Wildman–Crippen LogP) is 0.336. The van der Waals surface area contributed by atoms with Crippen molar-refractivity contribution in [2.75, 3.05) is 13.1 Å². The zero-order valence-corrected chi connectivity index (χ0v) is 12.0. The Morgan fingerprint density at radius 2 is 2.15 bits per heavy atom. The van der Waals surface area contributed by atoms with E-state index in [2.05, 4.69) is 10.0 Å². The zero-order chi connectivity index (χ0) is 14.8. The molecule has 6 nitrogen and oxygen atoms in total. The summed E-state index contributed by atoms with van der Waals surface area (Å²) in [5.74, 6) is -1.47. The molecule has 2 rings (SSSR count). The van der Waals surface area contributed by atoms with E-state index in [1.54, 1.807) is 12.1 Å². The minimum absolute atomic E-state index is 0.204. The second kappa shape index (κ2) is 5.90. The quantitative estimate of drug-likeness (QED) is 0.745. The average Bonchev–Trinajstić information content (AvgIpc) is 2.38. The van der Waals surface area contributed by atoms with E-state index in [1.807, 2.05) is 13.0 Å². The Bertz CT molecular complexity index is 600. The Morgan fingerprint density at radius 3 is 2.80 bits per heavy atom. The summed E-state index contributed by atoms with van der Waals surface area (Å²) in [6, 6.07) is 6.22. The van der Waals surface area contributed by atoms with Crippen LogP contribution in [0, 0.1) is 12.8 Å². The number of carboxylic acids is 1. The van der Waals surface area contributed by atoms with Crippen LogP contribution in [0.25, 0.3) is 0 Å². The zero-order valence-electron chi connectivity index (χ0n) is 11.2. The molecular formula is C13H18N2O4S. The first-order valence-corrected chi connectivity index (χ1v) is 7.89. The summed E-state index contributed by atoms with van der Waals surface area (Å²) >= 11 is 0. The van der Waals surface area contributed by atoms with Gasteiger partial charge >= 0.3 is 5.97 Å². The van der Waals surface area contributed by atoms with E-state index in [-0.39, 0.29) is 4.90 Å². The number of hydrogen-bond donors (Lipinski definition) is 3. The Labute approximate surface area is 118 Å². The maximum Gasteiger partial charge on any atom is 0.307 e. The van der Waals surface area contributed by atoms with Crippen LogP contribution in [-0.4, -0.2) is 38.6 Å². The molecule has 1 fully saturated rings. The van der Waals surface area contributed by atoms with Crippen LogP contribution in [0.1, 0.15) is 12.0 Å². The van der Waals surface area contributed by atoms with E-state index in [0.29, 0.717) is 19.5 Å². The maximum atomic E-state index is 12.2. The van der Waals surface area contributed by atoms with Gasteiger partial charge in [-0.25, -0.2) is 13.1 Å². The molecule has 1 aliphatic heterocycles. The lowest BCUT2D eigenvalue weighted by Gasteiger charge is -2.28. The van der Waals surface area contributed by atoms with E-state index >= 15 is 0 Å². The number of benzene rings is 1. The third kappa shape index (κ3) is 3.56. The maximum absolute atomic E-state index is 12.2. The lowest BCUT2D eigenvalue weighted by Crippen LogP contribution is -2.50. The molecule has 0 amide bonds. The number of nitrogens with one attached hydrogen (secondary N) is 2. The molecule has 0 bridgehead atoms. The summed E-state index contributed by atoms with van der Waals surface area (Å²) < 4.78 is 27.1. The van der Waals surface area contributed by atoms with Crippen LogP contribution in [-0.2, 0) is 14.8 Å². The summed E-state index contributed by atoms with van der Waals surface area (Å²) in [7, 11) is -3.61. The standard InChI is InChI=1S/C13H18N2O4S/c1-9-3-2-4-12(5-9)20(18,19)15-11-6-10(13(16)17)7-14-8-11/h2-5,10-11,14-15H,6-8H2,1H3,(H,16,17)/t10-,11+/m0/s1. The lowest BCUT2D eigenvalue weighted by molar-refractivity contribution is -0.142. The van der Waals surface area contributed by atoms with Gasteiger partial charge in [0.1, 0.15) is 0 Å². The van der Waals surface area contributed by atoms with Gasteiger partial charge in [-0.3, -0.25) is 4.79 Å². The van der Waals surface area contributed by atoms with Gasteiger partial charge in [-0.05, 0) is 31.0 Å². The van der Waals surface area contributed by atoms with Crippen molar-refractivity contribution in [3.8, 4) is 0 Å². The smallest absolute Gasteiger partial charge is 0.307 e. The van der Waals surface area contributed by atoms with Gasteiger partial charge in [0.2, 0.25) is 10.0 Å². The molecule has 1 aliphatic rings. The molecule has 0 unspecified atom stereocenters. The molecule has 0 radical (unpaired) electrons. The second-order valence-corrected chi connectivity index (χ2v) is 6.78. The molecule has 1 aromatic rings. The molecule has 3 N–H and O–H groups in total. The summed E-state index contributed by atoms with van der Waals surface area (Å²) in [5.41, 5.74) is 0.859. The van der Waals surface area contributed by atoms with E-state index in [9.17, 15) is 13.2 Å². The van der Waals surface area contributed by atoms with Gasteiger partial charge in [0.25, 0.3) is 0 Å². The van der Waals surface area contributed by atoms with Crippen molar-refractivity contribution < 1.29 is 18.3 Å². The molecule has 0 aliphatic carbocycles. The van der Waals surface area contributed by atoms with E-state index in [0.717, 1.165) is 5.56 Å². The average molecular weight is 298 g/mol. The van der Waals surface area contributed by atoms with Gasteiger partial charge in [-0.15, -0.1) is 0 Å². The molecule has 0 spiro atoms. The highest BCUT2D eigenvalue weighted by atomic mass is 32.2. The number of carbonyl (C=O) groups is 1. The number of aryl methyl sites for hydroxylation is 1. The highest BCUT2D eigenvalue weighted by Crippen LogP contribution is 2.15. The number of hydrogen-bond acceptors (Lipinski definition) is 4. The molecule has 1 saturated heterocycles. The van der Waals surface area contributed by atoms with Crippen molar-refractivity contribution in [3.05, 3.63) is 29.8 Å². The van der Waals surface area contributed by atoms with Crippen LogP contribution < -0.4 is 10.0 Å². The van der Waals surface area contributed by atoms with Gasteiger partial charge in [-0.2, -0.15) is 0 Å². The molecular weight excluding hydrogens is 280 g/mol. The van der Waals surface area contributed by atoms with Crippen LogP contribution >= 0.6 is 0 Å². The van der Waals surface area contributed by atoms with Gasteiger partial charge in [0, 0.05) is 19.1 Å². The minimum atomic E-state index is -3.61. The topological polar surface area (TPSA) is 95.5 Å². The fourth-order valence-electron chi connectivity index (χ4n) is 2.29. The van der Waals surface area contributed by atoms with Crippen LogP contribution in [0.5, 0.6) is 0 Å². The van der Waals surface area contributed by atoms with Gasteiger partial charge in [0.05, 0.1) is 10.8 Å². The Balaban J connectivity index is 2.10. The summed E-state index contributed by atoms with van der Waals surface area (Å²) in [6.07, 6.45) is 0.299. The third-order valence-corrected chi connectivity index (χ3v) is 4.84. The number of piperidine rings is 1. The van der Waals surface area contributed by atoms with Crippen molar-refractivity contribution in [1.29, 1.82) is 0 Å². The molecule has 1 aromatic carbocycles. The fourth-order valence-corrected chi connectivity index (χ4v) is 3.64. The third-order valence-electron chi connectivity index (χ3n) is 3.32. The van der Waals surface area contributed by atoms with Crippen molar-refractivity contribution in [2.45, 2.75) is 24.3 Å². The van der Waals surface area contributed by atoms with E-state index in [4.69, 9.17) is 5.11 Å². The number of carboxylic acid groups (broad SMARTS) is 1. The highest BCUT2D eigenvalue weighted by molar-refractivity contribution is 7.89. The molecule has 0 aromatic heterocycles. The minimum Gasteiger partial charge on any atom is -0.481 e. The monoisotopic (exact) mass is 298 g/mol. The molecule has 20 heavy (non-hydrogen) atoms. The molecule has 7 heteroatoms. The summed E-state index contributed by atoms with van der Waals surface area (Å²) in [5, 5.41) is 11.9. The normalized spacial score (nSPS) is 23.4.